The van der Waals surface area contributed by atoms with E-state index >= 15 is 0 Å². The summed E-state index contributed by atoms with van der Waals surface area (Å²) in [7, 11) is 0. The Labute approximate surface area is 130 Å². The van der Waals surface area contributed by atoms with Gasteiger partial charge in [0.05, 0.1) is 0 Å². The third kappa shape index (κ3) is 2.94. The number of hydrogen-bond donors (Lipinski definition) is 1. The minimum Gasteiger partial charge on any atom is -0.381 e. The molecule has 21 heavy (non-hydrogen) atoms. The lowest BCUT2D eigenvalue weighted by Gasteiger charge is -2.22. The number of rotatable bonds is 3. The highest BCUT2D eigenvalue weighted by Crippen LogP contribution is 2.27. The maximum absolute atomic E-state index is 5.44. The number of benzene rings is 1. The van der Waals surface area contributed by atoms with E-state index in [1.165, 1.54) is 5.56 Å². The van der Waals surface area contributed by atoms with Crippen molar-refractivity contribution in [2.75, 3.05) is 13.2 Å². The van der Waals surface area contributed by atoms with Gasteiger partial charge in [-0.2, -0.15) is 5.10 Å². The van der Waals surface area contributed by atoms with Crippen LogP contribution in [0.1, 0.15) is 49.9 Å². The molecule has 1 fully saturated rings. The molecule has 112 valence electrons. The molecule has 0 spiro atoms. The Hall–Kier alpha value is -1.46. The van der Waals surface area contributed by atoms with Gasteiger partial charge in [0, 0.05) is 24.8 Å². The van der Waals surface area contributed by atoms with Crippen molar-refractivity contribution in [3.8, 4) is 5.69 Å². The van der Waals surface area contributed by atoms with Crippen molar-refractivity contribution in [2.24, 2.45) is 0 Å². The van der Waals surface area contributed by atoms with Crippen molar-refractivity contribution in [1.82, 2.24) is 14.8 Å². The van der Waals surface area contributed by atoms with E-state index < -0.39 is 0 Å². The molecule has 1 saturated heterocycles. The zero-order chi connectivity index (χ0) is 14.8. The van der Waals surface area contributed by atoms with Crippen LogP contribution >= 0.6 is 12.2 Å². The van der Waals surface area contributed by atoms with Crippen molar-refractivity contribution in [1.29, 1.82) is 0 Å². The molecular formula is C16H21N3OS. The molecular weight excluding hydrogens is 282 g/mol. The van der Waals surface area contributed by atoms with Gasteiger partial charge in [-0.25, -0.2) is 0 Å². The predicted molar refractivity (Wildman–Crippen MR) is 85.6 cm³/mol. The first kappa shape index (κ1) is 14.5. The Bertz CT molecular complexity index is 651. The number of H-pyrrole nitrogens is 1. The summed E-state index contributed by atoms with van der Waals surface area (Å²) in [4.78, 5) is 0. The van der Waals surface area contributed by atoms with Crippen LogP contribution in [0, 0.1) is 4.77 Å². The second-order valence-electron chi connectivity index (χ2n) is 5.86. The number of hydrogen-bond acceptors (Lipinski definition) is 3. The summed E-state index contributed by atoms with van der Waals surface area (Å²) in [5, 5.41) is 7.41. The Morgan fingerprint density at radius 2 is 1.90 bits per heavy atom. The molecule has 1 aliphatic heterocycles. The lowest BCUT2D eigenvalue weighted by molar-refractivity contribution is 0.0832. The van der Waals surface area contributed by atoms with E-state index in [1.54, 1.807) is 0 Å². The van der Waals surface area contributed by atoms with Crippen LogP contribution < -0.4 is 0 Å². The zero-order valence-corrected chi connectivity index (χ0v) is 13.3. The second kappa shape index (κ2) is 6.12. The minimum atomic E-state index is 0.413. The second-order valence-corrected chi connectivity index (χ2v) is 6.24. The van der Waals surface area contributed by atoms with E-state index in [0.717, 1.165) is 37.6 Å². The van der Waals surface area contributed by atoms with Crippen LogP contribution in [0.4, 0.5) is 0 Å². The number of aromatic nitrogens is 3. The van der Waals surface area contributed by atoms with Crippen LogP contribution in [0.25, 0.3) is 5.69 Å². The average Bonchev–Trinajstić information content (AvgIpc) is 2.90. The monoisotopic (exact) mass is 303 g/mol. The number of aromatic amines is 1. The highest BCUT2D eigenvalue weighted by atomic mass is 32.1. The quantitative estimate of drug-likeness (QED) is 0.873. The molecule has 0 aliphatic carbocycles. The Balaban J connectivity index is 1.97. The van der Waals surface area contributed by atoms with Crippen LogP contribution in [0.3, 0.4) is 0 Å². The van der Waals surface area contributed by atoms with E-state index in [9.17, 15) is 0 Å². The van der Waals surface area contributed by atoms with Crippen molar-refractivity contribution < 1.29 is 4.74 Å². The Kier molecular flexibility index (Phi) is 4.22. The molecule has 1 aliphatic rings. The summed E-state index contributed by atoms with van der Waals surface area (Å²) in [5.41, 5.74) is 2.42. The predicted octanol–water partition coefficient (Wildman–Crippen LogP) is 3.95. The molecule has 0 amide bonds. The first-order valence-electron chi connectivity index (χ1n) is 7.52. The molecule has 3 rings (SSSR count). The van der Waals surface area contributed by atoms with E-state index in [1.807, 2.05) is 0 Å². The van der Waals surface area contributed by atoms with Gasteiger partial charge in [0.15, 0.2) is 4.77 Å². The van der Waals surface area contributed by atoms with Gasteiger partial charge < -0.3 is 4.74 Å². The molecule has 0 unspecified atom stereocenters. The lowest BCUT2D eigenvalue weighted by Crippen LogP contribution is -2.17. The van der Waals surface area contributed by atoms with Crippen LogP contribution in [0.15, 0.2) is 24.3 Å². The maximum atomic E-state index is 5.44. The first-order chi connectivity index (χ1) is 10.2. The largest absolute Gasteiger partial charge is 0.381 e. The molecule has 0 radical (unpaired) electrons. The first-order valence-corrected chi connectivity index (χ1v) is 7.93. The average molecular weight is 303 g/mol. The third-order valence-electron chi connectivity index (χ3n) is 4.10. The SMILES string of the molecule is CC(C)c1ccc(-n2c(C3CCOCC3)n[nH]c2=S)cc1. The highest BCUT2D eigenvalue weighted by molar-refractivity contribution is 7.71. The highest BCUT2D eigenvalue weighted by Gasteiger charge is 2.22. The van der Waals surface area contributed by atoms with E-state index in [4.69, 9.17) is 17.0 Å². The summed E-state index contributed by atoms with van der Waals surface area (Å²) in [6, 6.07) is 8.60. The maximum Gasteiger partial charge on any atom is 0.199 e. The van der Waals surface area contributed by atoms with Crippen molar-refractivity contribution in [3.05, 3.63) is 40.4 Å². The molecule has 1 N–H and O–H groups in total. The molecule has 2 heterocycles. The minimum absolute atomic E-state index is 0.413. The van der Waals surface area contributed by atoms with Crippen molar-refractivity contribution in [3.63, 3.8) is 0 Å². The molecule has 5 heteroatoms. The Morgan fingerprint density at radius 1 is 1.24 bits per heavy atom. The molecule has 1 aromatic carbocycles. The zero-order valence-electron chi connectivity index (χ0n) is 12.5. The molecule has 0 bridgehead atoms. The number of nitrogens with zero attached hydrogens (tertiary/aromatic N) is 2. The fourth-order valence-corrected chi connectivity index (χ4v) is 3.04. The van der Waals surface area contributed by atoms with Crippen molar-refractivity contribution in [2.45, 2.75) is 38.5 Å². The van der Waals surface area contributed by atoms with Crippen LogP contribution in [-0.4, -0.2) is 28.0 Å². The fraction of sp³-hybridized carbons (Fsp3) is 0.500. The van der Waals surface area contributed by atoms with Gasteiger partial charge in [-0.05, 0) is 48.7 Å². The fourth-order valence-electron chi connectivity index (χ4n) is 2.80. The van der Waals surface area contributed by atoms with Gasteiger partial charge in [-0.15, -0.1) is 0 Å². The van der Waals surface area contributed by atoms with Crippen LogP contribution in [0.2, 0.25) is 0 Å². The summed E-state index contributed by atoms with van der Waals surface area (Å²) in [5.74, 6) is 1.98. The van der Waals surface area contributed by atoms with Gasteiger partial charge in [0.2, 0.25) is 0 Å². The Morgan fingerprint density at radius 3 is 2.52 bits per heavy atom. The van der Waals surface area contributed by atoms with E-state index in [0.29, 0.717) is 16.6 Å². The van der Waals surface area contributed by atoms with Crippen molar-refractivity contribution >= 4 is 12.2 Å². The molecule has 1 aromatic heterocycles. The number of nitrogens with one attached hydrogen (secondary N) is 1. The van der Waals surface area contributed by atoms with Gasteiger partial charge in [-0.1, -0.05) is 26.0 Å². The number of ether oxygens (including phenoxy) is 1. The standard InChI is InChI=1S/C16H21N3OS/c1-11(2)12-3-5-14(6-4-12)19-15(17-18-16(19)21)13-7-9-20-10-8-13/h3-6,11,13H,7-10H2,1-2H3,(H,18,21). The van der Waals surface area contributed by atoms with Gasteiger partial charge in [0.25, 0.3) is 0 Å². The van der Waals surface area contributed by atoms with Crippen LogP contribution in [0.5, 0.6) is 0 Å². The molecule has 4 nitrogen and oxygen atoms in total. The van der Waals surface area contributed by atoms with E-state index in [-0.39, 0.29) is 0 Å². The summed E-state index contributed by atoms with van der Waals surface area (Å²) >= 11 is 5.42. The van der Waals surface area contributed by atoms with Gasteiger partial charge in [0.1, 0.15) is 5.82 Å². The molecule has 0 atom stereocenters. The molecule has 0 saturated carbocycles. The van der Waals surface area contributed by atoms with Crippen LogP contribution in [-0.2, 0) is 4.74 Å². The lowest BCUT2D eigenvalue weighted by atomic mass is 9.99. The third-order valence-corrected chi connectivity index (χ3v) is 4.38. The topological polar surface area (TPSA) is 42.8 Å². The summed E-state index contributed by atoms with van der Waals surface area (Å²) in [6.07, 6.45) is 2.01. The summed E-state index contributed by atoms with van der Waals surface area (Å²) < 4.78 is 8.17. The van der Waals surface area contributed by atoms with Gasteiger partial charge in [-0.3, -0.25) is 9.67 Å². The molecule has 2 aromatic rings. The van der Waals surface area contributed by atoms with E-state index in [2.05, 4.69) is 52.9 Å². The van der Waals surface area contributed by atoms with Gasteiger partial charge >= 0.3 is 0 Å². The summed E-state index contributed by atoms with van der Waals surface area (Å²) in [6.45, 7) is 6.01. The normalized spacial score (nSPS) is 16.5. The smallest absolute Gasteiger partial charge is 0.199 e.